The highest BCUT2D eigenvalue weighted by Gasteiger charge is 2.38. The molecular formula is C25H35ClF3N5O4S. The first-order valence-electron chi connectivity index (χ1n) is 12.6. The number of nitrogens with zero attached hydrogens (tertiary/aromatic N) is 3. The Morgan fingerprint density at radius 2 is 1.90 bits per heavy atom. The predicted molar refractivity (Wildman–Crippen MR) is 144 cm³/mol. The number of carbonyl (C=O) groups is 1. The van der Waals surface area contributed by atoms with Gasteiger partial charge in [0.2, 0.25) is 0 Å². The van der Waals surface area contributed by atoms with Crippen molar-refractivity contribution in [3.05, 3.63) is 28.5 Å². The van der Waals surface area contributed by atoms with E-state index >= 15 is 0 Å². The Kier molecular flexibility index (Phi) is 8.98. The molecule has 0 radical (unpaired) electrons. The van der Waals surface area contributed by atoms with Gasteiger partial charge >= 0.3 is 6.18 Å². The average molecular weight is 594 g/mol. The van der Waals surface area contributed by atoms with Gasteiger partial charge in [0.1, 0.15) is 15.7 Å². The average Bonchev–Trinajstić information content (AvgIpc) is 3.11. The standard InChI is InChI=1S/C25H35ClF3N5O4S/c1-6-34-21(17-12-30-18(11-15(17)2)32-23(3,4)13-25(27,28)29)19(26)20(33-34)22(35)31-14-24(36)9-7-16(8-10-24)39(5,37)38/h11-12,16,36H,6-10,13-14H2,1-5H3,(H,30,32)(H,31,35)/t16-,24+. The van der Waals surface area contributed by atoms with Crippen LogP contribution in [0.3, 0.4) is 0 Å². The number of aromatic nitrogens is 3. The van der Waals surface area contributed by atoms with Gasteiger partial charge in [-0.1, -0.05) is 11.6 Å². The van der Waals surface area contributed by atoms with Crippen LogP contribution in [-0.2, 0) is 16.4 Å². The number of sulfone groups is 1. The molecule has 3 N–H and O–H groups in total. The van der Waals surface area contributed by atoms with Crippen LogP contribution in [0.2, 0.25) is 5.02 Å². The van der Waals surface area contributed by atoms with Crippen LogP contribution in [0.1, 0.15) is 68.9 Å². The number of alkyl halides is 3. The van der Waals surface area contributed by atoms with Gasteiger partial charge in [0.15, 0.2) is 5.69 Å². The zero-order chi connectivity index (χ0) is 29.4. The summed E-state index contributed by atoms with van der Waals surface area (Å²) in [5.74, 6) is -0.328. The van der Waals surface area contributed by atoms with Gasteiger partial charge < -0.3 is 15.7 Å². The second-order valence-electron chi connectivity index (χ2n) is 10.9. The minimum Gasteiger partial charge on any atom is -0.388 e. The van der Waals surface area contributed by atoms with Gasteiger partial charge in [-0.3, -0.25) is 9.48 Å². The Labute approximate surface area is 231 Å². The summed E-state index contributed by atoms with van der Waals surface area (Å²) in [5, 5.41) is 20.3. The summed E-state index contributed by atoms with van der Waals surface area (Å²) in [6.45, 7) is 6.74. The van der Waals surface area contributed by atoms with E-state index in [4.69, 9.17) is 11.6 Å². The maximum atomic E-state index is 13.0. The van der Waals surface area contributed by atoms with E-state index in [9.17, 15) is 31.5 Å². The van der Waals surface area contributed by atoms with E-state index in [1.165, 1.54) is 31.0 Å². The van der Waals surface area contributed by atoms with Crippen LogP contribution in [0.5, 0.6) is 0 Å². The molecule has 2 heterocycles. The Morgan fingerprint density at radius 1 is 1.28 bits per heavy atom. The maximum Gasteiger partial charge on any atom is 0.391 e. The zero-order valence-corrected chi connectivity index (χ0v) is 24.2. The van der Waals surface area contributed by atoms with Crippen molar-refractivity contribution < 1.29 is 31.5 Å². The molecule has 0 aliphatic heterocycles. The Hall–Kier alpha value is -2.38. The lowest BCUT2D eigenvalue weighted by Crippen LogP contribution is -2.47. The predicted octanol–water partition coefficient (Wildman–Crippen LogP) is 4.52. The summed E-state index contributed by atoms with van der Waals surface area (Å²) < 4.78 is 63.8. The number of hydrogen-bond donors (Lipinski definition) is 3. The molecule has 0 unspecified atom stereocenters. The monoisotopic (exact) mass is 593 g/mol. The topological polar surface area (TPSA) is 126 Å². The normalized spacial score (nSPS) is 20.6. The van der Waals surface area contributed by atoms with Gasteiger partial charge in [-0.2, -0.15) is 18.3 Å². The van der Waals surface area contributed by atoms with Crippen molar-refractivity contribution in [3.8, 4) is 11.3 Å². The van der Waals surface area contributed by atoms with E-state index in [1.54, 1.807) is 13.0 Å². The van der Waals surface area contributed by atoms with Crippen LogP contribution in [0.15, 0.2) is 12.3 Å². The molecule has 0 bridgehead atoms. The fourth-order valence-corrected chi connectivity index (χ4v) is 6.31. The number of carbonyl (C=O) groups excluding carboxylic acids is 1. The smallest absolute Gasteiger partial charge is 0.388 e. The summed E-state index contributed by atoms with van der Waals surface area (Å²) in [5.41, 5.74) is -0.900. The first kappa shape index (κ1) is 31.2. The van der Waals surface area contributed by atoms with Crippen LogP contribution >= 0.6 is 11.6 Å². The quantitative estimate of drug-likeness (QED) is 0.390. The molecule has 0 atom stereocenters. The third kappa shape index (κ3) is 7.85. The molecule has 2 aromatic heterocycles. The SMILES string of the molecule is CCn1nc(C(=O)NC[C@]2(O)CC[C@@H](S(C)(=O)=O)CC2)c(Cl)c1-c1cnc(NC(C)(C)CC(F)(F)F)cc1C. The molecule has 9 nitrogen and oxygen atoms in total. The lowest BCUT2D eigenvalue weighted by atomic mass is 9.84. The lowest BCUT2D eigenvalue weighted by molar-refractivity contribution is -0.142. The molecule has 1 amide bonds. The Morgan fingerprint density at radius 3 is 2.41 bits per heavy atom. The number of aryl methyl sites for hydroxylation is 2. The fraction of sp³-hybridized carbons (Fsp3) is 0.640. The molecule has 1 aliphatic carbocycles. The van der Waals surface area contributed by atoms with E-state index in [0.29, 0.717) is 36.2 Å². The van der Waals surface area contributed by atoms with E-state index in [0.717, 1.165) is 0 Å². The van der Waals surface area contributed by atoms with Gasteiger partial charge in [0, 0.05) is 36.6 Å². The van der Waals surface area contributed by atoms with Crippen LogP contribution in [-0.4, -0.2) is 69.6 Å². The molecular weight excluding hydrogens is 559 g/mol. The summed E-state index contributed by atoms with van der Waals surface area (Å²) in [4.78, 5) is 17.3. The molecule has 1 saturated carbocycles. The highest BCUT2D eigenvalue weighted by molar-refractivity contribution is 7.91. The zero-order valence-electron chi connectivity index (χ0n) is 22.6. The van der Waals surface area contributed by atoms with Crippen LogP contribution < -0.4 is 10.6 Å². The van der Waals surface area contributed by atoms with Crippen molar-refractivity contribution in [1.29, 1.82) is 0 Å². The highest BCUT2D eigenvalue weighted by atomic mass is 35.5. The molecule has 1 fully saturated rings. The summed E-state index contributed by atoms with van der Waals surface area (Å²) in [7, 11) is -3.19. The van der Waals surface area contributed by atoms with Gasteiger partial charge in [-0.25, -0.2) is 13.4 Å². The maximum absolute atomic E-state index is 13.0. The summed E-state index contributed by atoms with van der Waals surface area (Å²) in [6.07, 6.45) is -1.63. The third-order valence-corrected chi connectivity index (χ3v) is 8.97. The number of rotatable bonds is 9. The minimum atomic E-state index is -4.34. The molecule has 0 aromatic carbocycles. The van der Waals surface area contributed by atoms with Gasteiger partial charge in [0.05, 0.1) is 28.0 Å². The second-order valence-corrected chi connectivity index (χ2v) is 13.7. The second kappa shape index (κ2) is 11.2. The number of nitrogens with one attached hydrogen (secondary N) is 2. The molecule has 0 spiro atoms. The number of halogens is 4. The minimum absolute atomic E-state index is 0.0464. The lowest BCUT2D eigenvalue weighted by Gasteiger charge is -2.35. The first-order chi connectivity index (χ1) is 17.8. The number of hydrogen-bond acceptors (Lipinski definition) is 7. The third-order valence-electron chi connectivity index (χ3n) is 6.93. The Balaban J connectivity index is 1.77. The van der Waals surface area contributed by atoms with Gasteiger partial charge in [-0.15, -0.1) is 0 Å². The molecule has 218 valence electrons. The van der Waals surface area contributed by atoms with Crippen molar-refractivity contribution in [1.82, 2.24) is 20.1 Å². The molecule has 1 aliphatic rings. The Bertz CT molecular complexity index is 1320. The molecule has 2 aromatic rings. The van der Waals surface area contributed by atoms with E-state index in [1.807, 2.05) is 6.92 Å². The molecule has 14 heteroatoms. The van der Waals surface area contributed by atoms with Crippen molar-refractivity contribution in [2.75, 3.05) is 18.1 Å². The number of aliphatic hydroxyl groups is 1. The number of pyridine rings is 1. The van der Waals surface area contributed by atoms with E-state index < -0.39 is 44.7 Å². The van der Waals surface area contributed by atoms with Crippen LogP contribution in [0, 0.1) is 6.92 Å². The first-order valence-corrected chi connectivity index (χ1v) is 14.9. The van der Waals surface area contributed by atoms with E-state index in [2.05, 4.69) is 20.7 Å². The highest BCUT2D eigenvalue weighted by Crippen LogP contribution is 2.35. The van der Waals surface area contributed by atoms with Crippen molar-refractivity contribution in [3.63, 3.8) is 0 Å². The molecule has 3 rings (SSSR count). The van der Waals surface area contributed by atoms with Crippen molar-refractivity contribution in [2.24, 2.45) is 0 Å². The van der Waals surface area contributed by atoms with Crippen LogP contribution in [0.4, 0.5) is 19.0 Å². The fourth-order valence-electron chi connectivity index (χ4n) is 4.90. The van der Waals surface area contributed by atoms with E-state index in [-0.39, 0.29) is 35.9 Å². The molecule has 0 saturated heterocycles. The number of anilines is 1. The van der Waals surface area contributed by atoms with Crippen molar-refractivity contribution >= 4 is 33.2 Å². The molecule has 39 heavy (non-hydrogen) atoms. The summed E-state index contributed by atoms with van der Waals surface area (Å²) in [6, 6.07) is 1.61. The van der Waals surface area contributed by atoms with Gasteiger partial charge in [0.25, 0.3) is 5.91 Å². The van der Waals surface area contributed by atoms with Crippen molar-refractivity contribution in [2.45, 2.75) is 88.9 Å². The largest absolute Gasteiger partial charge is 0.391 e. The summed E-state index contributed by atoms with van der Waals surface area (Å²) >= 11 is 6.61. The van der Waals surface area contributed by atoms with Crippen LogP contribution in [0.25, 0.3) is 11.3 Å². The van der Waals surface area contributed by atoms with Gasteiger partial charge in [-0.05, 0) is 65.0 Å². The number of amides is 1.